The molecule has 0 radical (unpaired) electrons. The molecular weight excluding hydrogens is 444 g/mol. The van der Waals surface area contributed by atoms with Crippen LogP contribution < -0.4 is 16.0 Å². The molecule has 0 bridgehead atoms. The van der Waals surface area contributed by atoms with Crippen molar-refractivity contribution in [2.24, 2.45) is 0 Å². The normalized spacial score (nSPS) is 13.9. The average Bonchev–Trinajstić information content (AvgIpc) is 2.92. The summed E-state index contributed by atoms with van der Waals surface area (Å²) in [6.07, 6.45) is 3.43. The van der Waals surface area contributed by atoms with Crippen LogP contribution in [-0.4, -0.2) is 56.1 Å². The van der Waals surface area contributed by atoms with Crippen molar-refractivity contribution < 1.29 is 4.79 Å². The lowest BCUT2D eigenvalue weighted by molar-refractivity contribution is 0.0746. The Morgan fingerprint density at radius 2 is 1.40 bits per heavy atom. The molecule has 1 aliphatic rings. The van der Waals surface area contributed by atoms with Gasteiger partial charge in [0.2, 0.25) is 5.95 Å². The van der Waals surface area contributed by atoms with E-state index >= 15 is 0 Å². The van der Waals surface area contributed by atoms with Crippen molar-refractivity contribution in [2.45, 2.75) is 20.0 Å². The monoisotopic (exact) mass is 470 g/mol. The molecule has 0 unspecified atom stereocenters. The summed E-state index contributed by atoms with van der Waals surface area (Å²) in [5.74, 6) is 0.650. The first-order valence-corrected chi connectivity index (χ1v) is 11.7. The number of aryl methyl sites for hydroxylation is 1. The van der Waals surface area contributed by atoms with Crippen LogP contribution in [0.2, 0.25) is 0 Å². The molecule has 9 heteroatoms. The molecule has 178 valence electrons. The van der Waals surface area contributed by atoms with E-state index in [0.717, 1.165) is 11.1 Å². The molecule has 0 spiro atoms. The number of rotatable bonds is 5. The number of carbonyl (C=O) groups excluding carboxylic acids is 1. The Hall–Kier alpha value is -4.27. The SMILES string of the molecule is CCn1c(=O)c(=O)n(Cc2ccc(C(=O)N3CCN(c4ncccn4)CC3)cc2)c2ccccc21. The van der Waals surface area contributed by atoms with Gasteiger partial charge in [-0.15, -0.1) is 0 Å². The molecule has 1 fully saturated rings. The summed E-state index contributed by atoms with van der Waals surface area (Å²) >= 11 is 0. The highest BCUT2D eigenvalue weighted by molar-refractivity contribution is 5.94. The van der Waals surface area contributed by atoms with Crippen LogP contribution in [0.4, 0.5) is 5.95 Å². The smallest absolute Gasteiger partial charge is 0.317 e. The van der Waals surface area contributed by atoms with Crippen LogP contribution >= 0.6 is 0 Å². The highest BCUT2D eigenvalue weighted by Crippen LogP contribution is 2.16. The molecule has 0 saturated carbocycles. The van der Waals surface area contributed by atoms with Crippen molar-refractivity contribution in [2.75, 3.05) is 31.1 Å². The third kappa shape index (κ3) is 4.32. The van der Waals surface area contributed by atoms with Crippen LogP contribution in [0.1, 0.15) is 22.8 Å². The average molecular weight is 471 g/mol. The molecule has 0 N–H and O–H groups in total. The number of hydrogen-bond donors (Lipinski definition) is 0. The van der Waals surface area contributed by atoms with Crippen molar-refractivity contribution in [1.82, 2.24) is 24.0 Å². The molecule has 1 saturated heterocycles. The molecule has 35 heavy (non-hydrogen) atoms. The minimum atomic E-state index is -0.550. The lowest BCUT2D eigenvalue weighted by Crippen LogP contribution is -2.49. The Morgan fingerprint density at radius 3 is 2.03 bits per heavy atom. The third-order valence-corrected chi connectivity index (χ3v) is 6.40. The van der Waals surface area contributed by atoms with Gasteiger partial charge in [0.1, 0.15) is 0 Å². The number of fused-ring (bicyclic) bond motifs is 1. The fraction of sp³-hybridized carbons (Fsp3) is 0.269. The lowest BCUT2D eigenvalue weighted by Gasteiger charge is -2.34. The summed E-state index contributed by atoms with van der Waals surface area (Å²) in [4.78, 5) is 51.0. The van der Waals surface area contributed by atoms with Crippen LogP contribution in [0.5, 0.6) is 0 Å². The van der Waals surface area contributed by atoms with Crippen molar-refractivity contribution in [1.29, 1.82) is 0 Å². The number of piperazine rings is 1. The van der Waals surface area contributed by atoms with Crippen molar-refractivity contribution in [3.63, 3.8) is 0 Å². The maximum Gasteiger partial charge on any atom is 0.317 e. The standard InChI is InChI=1S/C26H26N6O3/c1-2-31-21-6-3-4-7-22(21)32(25(35)24(31)34)18-19-8-10-20(11-9-19)23(33)29-14-16-30(17-15-29)26-27-12-5-13-28-26/h3-13H,2,14-18H2,1H3. The van der Waals surface area contributed by atoms with E-state index in [4.69, 9.17) is 0 Å². The zero-order valence-corrected chi connectivity index (χ0v) is 19.5. The number of nitrogens with zero attached hydrogens (tertiary/aromatic N) is 6. The van der Waals surface area contributed by atoms with E-state index in [0.29, 0.717) is 49.8 Å². The highest BCUT2D eigenvalue weighted by atomic mass is 16.2. The first kappa shape index (κ1) is 22.5. The van der Waals surface area contributed by atoms with Gasteiger partial charge >= 0.3 is 11.1 Å². The molecule has 1 amide bonds. The van der Waals surface area contributed by atoms with Crippen molar-refractivity contribution >= 4 is 22.9 Å². The molecule has 1 aliphatic heterocycles. The van der Waals surface area contributed by atoms with Crippen LogP contribution in [0, 0.1) is 0 Å². The molecule has 3 heterocycles. The van der Waals surface area contributed by atoms with Crippen LogP contribution in [0.3, 0.4) is 0 Å². The van der Waals surface area contributed by atoms with E-state index in [2.05, 4.69) is 14.9 Å². The second-order valence-corrected chi connectivity index (χ2v) is 8.45. The van der Waals surface area contributed by atoms with Gasteiger partial charge in [-0.3, -0.25) is 19.0 Å². The van der Waals surface area contributed by atoms with Gasteiger partial charge in [-0.2, -0.15) is 0 Å². The number of hydrogen-bond acceptors (Lipinski definition) is 6. The zero-order chi connectivity index (χ0) is 24.4. The first-order valence-electron chi connectivity index (χ1n) is 11.7. The van der Waals surface area contributed by atoms with E-state index in [1.807, 2.05) is 48.2 Å². The van der Waals surface area contributed by atoms with Crippen molar-refractivity contribution in [3.05, 3.63) is 98.8 Å². The molecular formula is C26H26N6O3. The van der Waals surface area contributed by atoms with Crippen LogP contribution in [-0.2, 0) is 13.1 Å². The topological polar surface area (TPSA) is 93.3 Å². The van der Waals surface area contributed by atoms with Gasteiger partial charge < -0.3 is 14.4 Å². The maximum atomic E-state index is 13.0. The Kier molecular flexibility index (Phi) is 6.13. The van der Waals surface area contributed by atoms with Crippen LogP contribution in [0.15, 0.2) is 76.6 Å². The molecule has 2 aromatic carbocycles. The summed E-state index contributed by atoms with van der Waals surface area (Å²) in [5.41, 5.74) is 1.79. The van der Waals surface area contributed by atoms with E-state index in [1.165, 1.54) is 9.13 Å². The van der Waals surface area contributed by atoms with E-state index in [1.54, 1.807) is 30.6 Å². The predicted octanol–water partition coefficient (Wildman–Crippen LogP) is 1.98. The van der Waals surface area contributed by atoms with Gasteiger partial charge in [-0.1, -0.05) is 24.3 Å². The van der Waals surface area contributed by atoms with Gasteiger partial charge in [0, 0.05) is 50.7 Å². The number of amides is 1. The summed E-state index contributed by atoms with van der Waals surface area (Å²) in [5, 5.41) is 0. The molecule has 4 aromatic rings. The minimum Gasteiger partial charge on any atom is -0.337 e. The van der Waals surface area contributed by atoms with E-state index in [-0.39, 0.29) is 12.5 Å². The summed E-state index contributed by atoms with van der Waals surface area (Å²) in [6.45, 7) is 5.06. The molecule has 0 atom stereocenters. The third-order valence-electron chi connectivity index (χ3n) is 6.40. The molecule has 5 rings (SSSR count). The zero-order valence-electron chi connectivity index (χ0n) is 19.5. The molecule has 9 nitrogen and oxygen atoms in total. The summed E-state index contributed by atoms with van der Waals surface area (Å²) in [6, 6.07) is 16.4. The number of benzene rings is 2. The quantitative estimate of drug-likeness (QED) is 0.414. The van der Waals surface area contributed by atoms with E-state index in [9.17, 15) is 14.4 Å². The Bertz CT molecular complexity index is 1470. The van der Waals surface area contributed by atoms with Gasteiger partial charge in [-0.25, -0.2) is 9.97 Å². The minimum absolute atomic E-state index is 0.0293. The second-order valence-electron chi connectivity index (χ2n) is 8.45. The van der Waals surface area contributed by atoms with E-state index < -0.39 is 11.1 Å². The summed E-state index contributed by atoms with van der Waals surface area (Å²) < 4.78 is 3.01. The maximum absolute atomic E-state index is 13.0. The molecule has 2 aromatic heterocycles. The first-order chi connectivity index (χ1) is 17.1. The Labute approximate surface area is 201 Å². The Balaban J connectivity index is 1.32. The fourth-order valence-electron chi connectivity index (χ4n) is 4.52. The predicted molar refractivity (Wildman–Crippen MR) is 134 cm³/mol. The molecule has 0 aliphatic carbocycles. The number of aromatic nitrogens is 4. The van der Waals surface area contributed by atoms with Gasteiger partial charge in [0.05, 0.1) is 17.6 Å². The Morgan fingerprint density at radius 1 is 0.800 bits per heavy atom. The number of carbonyl (C=O) groups is 1. The van der Waals surface area contributed by atoms with Crippen molar-refractivity contribution in [3.8, 4) is 0 Å². The second kappa shape index (κ2) is 9.54. The fourth-order valence-corrected chi connectivity index (χ4v) is 4.52. The van der Waals surface area contributed by atoms with Gasteiger partial charge in [0.15, 0.2) is 0 Å². The largest absolute Gasteiger partial charge is 0.337 e. The number of anilines is 1. The summed E-state index contributed by atoms with van der Waals surface area (Å²) in [7, 11) is 0. The highest BCUT2D eigenvalue weighted by Gasteiger charge is 2.23. The van der Waals surface area contributed by atoms with Crippen LogP contribution in [0.25, 0.3) is 11.0 Å². The van der Waals surface area contributed by atoms with Gasteiger partial charge in [-0.05, 0) is 42.8 Å². The van der Waals surface area contributed by atoms with Gasteiger partial charge in [0.25, 0.3) is 5.91 Å². The number of para-hydroxylation sites is 2. The lowest BCUT2D eigenvalue weighted by atomic mass is 10.1.